The van der Waals surface area contributed by atoms with Gasteiger partial charge in [-0.15, -0.1) is 23.4 Å². The molecule has 0 aromatic carbocycles. The summed E-state index contributed by atoms with van der Waals surface area (Å²) in [5.74, 6) is 1.64. The minimum atomic E-state index is 0.254. The molecule has 0 unspecified atom stereocenters. The fourth-order valence-electron chi connectivity index (χ4n) is 2.49. The number of anilines is 1. The highest BCUT2D eigenvalue weighted by Crippen LogP contribution is 2.37. The summed E-state index contributed by atoms with van der Waals surface area (Å²) in [5, 5.41) is 4.43. The Morgan fingerprint density at radius 1 is 1.33 bits per heavy atom. The number of alkyl halides is 1. The summed E-state index contributed by atoms with van der Waals surface area (Å²) in [6, 6.07) is 2.00. The minimum Gasteiger partial charge on any atom is -0.369 e. The van der Waals surface area contributed by atoms with Crippen LogP contribution in [0.1, 0.15) is 32.1 Å². The smallest absolute Gasteiger partial charge is 0.130 e. The summed E-state index contributed by atoms with van der Waals surface area (Å²) in [4.78, 5) is 8.43. The van der Waals surface area contributed by atoms with Crippen molar-refractivity contribution in [3.8, 4) is 0 Å². The lowest BCUT2D eigenvalue weighted by Gasteiger charge is -2.35. The standard InChI is InChI=1S/C13H20ClN3S/c1-18-12-7-11(16-10-17-12)15-9-13(8-14)5-3-2-4-6-13/h7,10H,2-6,8-9H2,1H3,(H,15,16,17). The van der Waals surface area contributed by atoms with Crippen molar-refractivity contribution in [1.29, 1.82) is 0 Å². The van der Waals surface area contributed by atoms with Crippen LogP contribution in [0.2, 0.25) is 0 Å². The van der Waals surface area contributed by atoms with Crippen molar-refractivity contribution in [3.63, 3.8) is 0 Å². The van der Waals surface area contributed by atoms with E-state index in [4.69, 9.17) is 11.6 Å². The van der Waals surface area contributed by atoms with E-state index in [1.165, 1.54) is 32.1 Å². The second-order valence-electron chi connectivity index (χ2n) is 4.99. The highest BCUT2D eigenvalue weighted by Gasteiger charge is 2.30. The lowest BCUT2D eigenvalue weighted by atomic mass is 9.75. The van der Waals surface area contributed by atoms with Gasteiger partial charge in [0.05, 0.1) is 0 Å². The van der Waals surface area contributed by atoms with Gasteiger partial charge in [-0.1, -0.05) is 19.3 Å². The highest BCUT2D eigenvalue weighted by atomic mass is 35.5. The Kier molecular flexibility index (Phi) is 5.13. The van der Waals surface area contributed by atoms with Crippen molar-refractivity contribution >= 4 is 29.2 Å². The van der Waals surface area contributed by atoms with Crippen molar-refractivity contribution in [2.24, 2.45) is 5.41 Å². The molecular weight excluding hydrogens is 266 g/mol. The molecule has 2 rings (SSSR count). The molecule has 0 aliphatic heterocycles. The average molecular weight is 286 g/mol. The van der Waals surface area contributed by atoms with Gasteiger partial charge < -0.3 is 5.32 Å². The Hall–Kier alpha value is -0.480. The van der Waals surface area contributed by atoms with Crippen LogP contribution in [-0.2, 0) is 0 Å². The molecule has 0 atom stereocenters. The van der Waals surface area contributed by atoms with E-state index in [1.807, 2.05) is 12.3 Å². The first kappa shape index (κ1) is 13.9. The molecule has 1 aromatic heterocycles. The number of rotatable bonds is 5. The molecule has 1 saturated carbocycles. The maximum Gasteiger partial charge on any atom is 0.130 e. The van der Waals surface area contributed by atoms with E-state index in [9.17, 15) is 0 Å². The van der Waals surface area contributed by atoms with E-state index in [0.717, 1.165) is 23.3 Å². The quantitative estimate of drug-likeness (QED) is 0.507. The van der Waals surface area contributed by atoms with Crippen LogP contribution in [0.25, 0.3) is 0 Å². The molecule has 18 heavy (non-hydrogen) atoms. The Bertz CT molecular complexity index is 380. The average Bonchev–Trinajstić information content (AvgIpc) is 2.46. The van der Waals surface area contributed by atoms with Crippen LogP contribution in [0.4, 0.5) is 5.82 Å². The van der Waals surface area contributed by atoms with Gasteiger partial charge >= 0.3 is 0 Å². The zero-order valence-corrected chi connectivity index (χ0v) is 12.4. The van der Waals surface area contributed by atoms with Crippen molar-refractivity contribution in [2.45, 2.75) is 37.1 Å². The lowest BCUT2D eigenvalue weighted by molar-refractivity contribution is 0.238. The van der Waals surface area contributed by atoms with Gasteiger partial charge in [-0.05, 0) is 19.1 Å². The molecule has 0 amide bonds. The number of nitrogens with zero attached hydrogens (tertiary/aromatic N) is 2. The molecule has 0 spiro atoms. The molecule has 1 aliphatic carbocycles. The molecule has 1 aromatic rings. The molecule has 1 fully saturated rings. The highest BCUT2D eigenvalue weighted by molar-refractivity contribution is 7.98. The second kappa shape index (κ2) is 6.62. The van der Waals surface area contributed by atoms with E-state index in [1.54, 1.807) is 18.1 Å². The molecule has 5 heteroatoms. The van der Waals surface area contributed by atoms with E-state index >= 15 is 0 Å². The van der Waals surface area contributed by atoms with Crippen LogP contribution in [-0.4, -0.2) is 28.6 Å². The third kappa shape index (κ3) is 3.51. The topological polar surface area (TPSA) is 37.8 Å². The third-order valence-corrected chi connectivity index (χ3v) is 4.90. The number of hydrogen-bond acceptors (Lipinski definition) is 4. The lowest BCUT2D eigenvalue weighted by Crippen LogP contribution is -2.34. The van der Waals surface area contributed by atoms with Crippen LogP contribution < -0.4 is 5.32 Å². The number of thioether (sulfide) groups is 1. The van der Waals surface area contributed by atoms with Gasteiger partial charge in [0.2, 0.25) is 0 Å². The van der Waals surface area contributed by atoms with E-state index in [-0.39, 0.29) is 5.41 Å². The second-order valence-corrected chi connectivity index (χ2v) is 6.09. The summed E-state index contributed by atoms with van der Waals surface area (Å²) in [7, 11) is 0. The number of aromatic nitrogens is 2. The van der Waals surface area contributed by atoms with Crippen LogP contribution in [0, 0.1) is 5.41 Å². The maximum atomic E-state index is 6.19. The number of halogens is 1. The summed E-state index contributed by atoms with van der Waals surface area (Å²) in [6.07, 6.45) is 10.0. The summed E-state index contributed by atoms with van der Waals surface area (Å²) in [6.45, 7) is 0.918. The Morgan fingerprint density at radius 3 is 2.78 bits per heavy atom. The van der Waals surface area contributed by atoms with Crippen molar-refractivity contribution in [2.75, 3.05) is 24.0 Å². The summed E-state index contributed by atoms with van der Waals surface area (Å²) < 4.78 is 0. The van der Waals surface area contributed by atoms with Gasteiger partial charge in [0.1, 0.15) is 17.2 Å². The van der Waals surface area contributed by atoms with Crippen molar-refractivity contribution in [1.82, 2.24) is 9.97 Å². The SMILES string of the molecule is CSc1cc(NCC2(CCl)CCCCC2)ncn1. The fraction of sp³-hybridized carbons (Fsp3) is 0.692. The number of hydrogen-bond donors (Lipinski definition) is 1. The van der Waals surface area contributed by atoms with Gasteiger partial charge in [0, 0.05) is 23.9 Å². The van der Waals surface area contributed by atoms with E-state index < -0.39 is 0 Å². The Morgan fingerprint density at radius 2 is 2.11 bits per heavy atom. The molecule has 1 N–H and O–H groups in total. The molecule has 1 heterocycles. The van der Waals surface area contributed by atoms with E-state index in [0.29, 0.717) is 0 Å². The largest absolute Gasteiger partial charge is 0.369 e. The van der Waals surface area contributed by atoms with Crippen molar-refractivity contribution < 1.29 is 0 Å². The molecule has 3 nitrogen and oxygen atoms in total. The predicted molar refractivity (Wildman–Crippen MR) is 78.5 cm³/mol. The summed E-state index contributed by atoms with van der Waals surface area (Å²) in [5.41, 5.74) is 0.254. The van der Waals surface area contributed by atoms with Crippen LogP contribution >= 0.6 is 23.4 Å². The van der Waals surface area contributed by atoms with Gasteiger partial charge in [0.25, 0.3) is 0 Å². The zero-order valence-electron chi connectivity index (χ0n) is 10.8. The molecule has 0 radical (unpaired) electrons. The van der Waals surface area contributed by atoms with Gasteiger partial charge in [-0.2, -0.15) is 0 Å². The first-order valence-corrected chi connectivity index (χ1v) is 8.20. The van der Waals surface area contributed by atoms with Crippen molar-refractivity contribution in [3.05, 3.63) is 12.4 Å². The Labute approximate surface area is 118 Å². The van der Waals surface area contributed by atoms with Gasteiger partial charge in [-0.3, -0.25) is 0 Å². The maximum absolute atomic E-state index is 6.19. The monoisotopic (exact) mass is 285 g/mol. The minimum absolute atomic E-state index is 0.254. The van der Waals surface area contributed by atoms with Crippen LogP contribution in [0.5, 0.6) is 0 Å². The van der Waals surface area contributed by atoms with Crippen LogP contribution in [0.3, 0.4) is 0 Å². The third-order valence-electron chi connectivity index (χ3n) is 3.69. The zero-order chi connectivity index (χ0) is 12.8. The number of nitrogens with one attached hydrogen (secondary N) is 1. The molecule has 1 aliphatic rings. The Balaban J connectivity index is 1.96. The molecule has 0 saturated heterocycles. The fourth-order valence-corrected chi connectivity index (χ4v) is 3.23. The molecular formula is C13H20ClN3S. The van der Waals surface area contributed by atoms with Gasteiger partial charge in [-0.25, -0.2) is 9.97 Å². The first-order valence-electron chi connectivity index (χ1n) is 6.44. The van der Waals surface area contributed by atoms with Crippen LogP contribution in [0.15, 0.2) is 17.4 Å². The van der Waals surface area contributed by atoms with Gasteiger partial charge in [0.15, 0.2) is 0 Å². The predicted octanol–water partition coefficient (Wildman–Crippen LogP) is 3.80. The normalized spacial score (nSPS) is 18.6. The molecule has 0 bridgehead atoms. The summed E-state index contributed by atoms with van der Waals surface area (Å²) >= 11 is 7.82. The first-order chi connectivity index (χ1) is 8.78. The molecule has 100 valence electrons. The van der Waals surface area contributed by atoms with E-state index in [2.05, 4.69) is 15.3 Å².